The molecule has 1 fully saturated rings. The Hall–Kier alpha value is -1.30. The molecule has 4 nitrogen and oxygen atoms in total. The van der Waals surface area contributed by atoms with E-state index in [1.807, 2.05) is 6.92 Å². The highest BCUT2D eigenvalue weighted by Gasteiger charge is 2.21. The van der Waals surface area contributed by atoms with E-state index >= 15 is 0 Å². The van der Waals surface area contributed by atoms with Crippen LogP contribution < -0.4 is 5.73 Å². The van der Waals surface area contributed by atoms with Gasteiger partial charge in [0.2, 0.25) is 5.89 Å². The van der Waals surface area contributed by atoms with Crippen molar-refractivity contribution in [1.82, 2.24) is 9.88 Å². The van der Waals surface area contributed by atoms with Crippen LogP contribution in [0.25, 0.3) is 11.5 Å². The smallest absolute Gasteiger partial charge is 0.226 e. The Bertz CT molecular complexity index is 608. The van der Waals surface area contributed by atoms with Crippen LogP contribution in [0.4, 0.5) is 0 Å². The number of oxazole rings is 1. The predicted molar refractivity (Wildman–Crippen MR) is 86.3 cm³/mol. The van der Waals surface area contributed by atoms with E-state index in [1.54, 1.807) is 11.8 Å². The van der Waals surface area contributed by atoms with Gasteiger partial charge >= 0.3 is 0 Å². The van der Waals surface area contributed by atoms with Crippen molar-refractivity contribution in [2.24, 2.45) is 5.73 Å². The third kappa shape index (κ3) is 3.31. The molecular weight excluding hydrogens is 282 g/mol. The van der Waals surface area contributed by atoms with Crippen LogP contribution in [0.15, 0.2) is 33.6 Å². The maximum absolute atomic E-state index is 5.95. The van der Waals surface area contributed by atoms with Crippen LogP contribution in [0.5, 0.6) is 0 Å². The summed E-state index contributed by atoms with van der Waals surface area (Å²) in [6.45, 7) is 4.80. The van der Waals surface area contributed by atoms with E-state index in [-0.39, 0.29) is 0 Å². The summed E-state index contributed by atoms with van der Waals surface area (Å²) in [7, 11) is 0. The normalized spacial score (nSPS) is 19.3. The number of rotatable bonds is 4. The lowest BCUT2D eigenvalue weighted by molar-refractivity contribution is 0.321. The number of thioether (sulfide) groups is 1. The van der Waals surface area contributed by atoms with Gasteiger partial charge in [0.05, 0.1) is 5.69 Å². The molecule has 0 aliphatic carbocycles. The Kier molecular flexibility index (Phi) is 4.33. The van der Waals surface area contributed by atoms with Crippen LogP contribution in [-0.4, -0.2) is 35.3 Å². The van der Waals surface area contributed by atoms with Crippen molar-refractivity contribution >= 4 is 11.8 Å². The Labute approximate surface area is 129 Å². The van der Waals surface area contributed by atoms with Gasteiger partial charge in [-0.2, -0.15) is 0 Å². The summed E-state index contributed by atoms with van der Waals surface area (Å²) in [4.78, 5) is 8.26. The van der Waals surface area contributed by atoms with Gasteiger partial charge in [-0.25, -0.2) is 4.98 Å². The first kappa shape index (κ1) is 14.6. The van der Waals surface area contributed by atoms with Gasteiger partial charge in [-0.3, -0.25) is 4.90 Å². The van der Waals surface area contributed by atoms with E-state index in [9.17, 15) is 0 Å². The number of aromatic nitrogens is 1. The maximum atomic E-state index is 5.95. The van der Waals surface area contributed by atoms with E-state index in [0.29, 0.717) is 11.9 Å². The minimum absolute atomic E-state index is 0.302. The first-order valence-corrected chi connectivity index (χ1v) is 8.47. The molecule has 0 amide bonds. The molecule has 2 heterocycles. The Morgan fingerprint density at radius 1 is 1.38 bits per heavy atom. The molecule has 1 saturated heterocycles. The lowest BCUT2D eigenvalue weighted by atomic mass is 10.2. The van der Waals surface area contributed by atoms with Crippen LogP contribution in [0.3, 0.4) is 0 Å². The lowest BCUT2D eigenvalue weighted by Crippen LogP contribution is -2.26. The summed E-state index contributed by atoms with van der Waals surface area (Å²) in [5.41, 5.74) is 8.00. The number of nitrogens with zero attached hydrogens (tertiary/aromatic N) is 2. The quantitative estimate of drug-likeness (QED) is 0.880. The second kappa shape index (κ2) is 6.22. The summed E-state index contributed by atoms with van der Waals surface area (Å²) in [5, 5.41) is 0. The molecule has 1 aliphatic heterocycles. The van der Waals surface area contributed by atoms with Gasteiger partial charge < -0.3 is 10.2 Å². The van der Waals surface area contributed by atoms with Crippen LogP contribution in [0.2, 0.25) is 0 Å². The lowest BCUT2D eigenvalue weighted by Gasteiger charge is -2.12. The first-order valence-electron chi connectivity index (χ1n) is 7.24. The molecule has 0 bridgehead atoms. The number of aryl methyl sites for hydroxylation is 1. The molecule has 0 radical (unpaired) electrons. The topological polar surface area (TPSA) is 55.3 Å². The summed E-state index contributed by atoms with van der Waals surface area (Å²) in [5.74, 6) is 1.61. The maximum Gasteiger partial charge on any atom is 0.226 e. The first-order chi connectivity index (χ1) is 10.2. The van der Waals surface area contributed by atoms with Crippen molar-refractivity contribution in [3.05, 3.63) is 35.7 Å². The number of nitrogens with two attached hydrogens (primary N) is 1. The molecule has 1 aliphatic rings. The standard InChI is InChI=1S/C16H21N3OS/c1-11-15(10-19-8-7-13(17)9-19)18-16(20-11)12-3-5-14(21-2)6-4-12/h3-6,13H,7-10,17H2,1-2H3. The highest BCUT2D eigenvalue weighted by molar-refractivity contribution is 7.98. The molecular formula is C16H21N3OS. The Morgan fingerprint density at radius 2 is 2.14 bits per heavy atom. The Morgan fingerprint density at radius 3 is 2.76 bits per heavy atom. The number of benzene rings is 1. The fraction of sp³-hybridized carbons (Fsp3) is 0.438. The van der Waals surface area contributed by atoms with Gasteiger partial charge in [0.25, 0.3) is 0 Å². The highest BCUT2D eigenvalue weighted by Crippen LogP contribution is 2.25. The Balaban J connectivity index is 1.76. The van der Waals surface area contributed by atoms with Gasteiger partial charge in [0.1, 0.15) is 5.76 Å². The van der Waals surface area contributed by atoms with Crippen LogP contribution in [0.1, 0.15) is 17.9 Å². The van der Waals surface area contributed by atoms with Crippen LogP contribution >= 0.6 is 11.8 Å². The molecule has 2 aromatic rings. The third-order valence-corrected chi connectivity index (χ3v) is 4.66. The van der Waals surface area contributed by atoms with Gasteiger partial charge in [-0.15, -0.1) is 11.8 Å². The van der Waals surface area contributed by atoms with E-state index in [4.69, 9.17) is 10.2 Å². The number of likely N-dealkylation sites (tertiary alicyclic amines) is 1. The fourth-order valence-corrected chi connectivity index (χ4v) is 3.06. The zero-order valence-corrected chi connectivity index (χ0v) is 13.3. The van der Waals surface area contributed by atoms with E-state index in [1.165, 1.54) is 4.90 Å². The van der Waals surface area contributed by atoms with Gasteiger partial charge in [0.15, 0.2) is 0 Å². The number of hydrogen-bond donors (Lipinski definition) is 1. The molecule has 3 rings (SSSR count). The predicted octanol–water partition coefficient (Wildman–Crippen LogP) is 2.90. The number of hydrogen-bond acceptors (Lipinski definition) is 5. The van der Waals surface area contributed by atoms with E-state index < -0.39 is 0 Å². The molecule has 21 heavy (non-hydrogen) atoms. The van der Waals surface area contributed by atoms with Crippen molar-refractivity contribution in [3.8, 4) is 11.5 Å². The van der Waals surface area contributed by atoms with Gasteiger partial charge in [-0.05, 0) is 43.9 Å². The summed E-state index contributed by atoms with van der Waals surface area (Å²) in [6.07, 6.45) is 3.14. The molecule has 1 aromatic carbocycles. The molecule has 2 N–H and O–H groups in total. The SMILES string of the molecule is CSc1ccc(-c2nc(CN3CCC(N)C3)c(C)o2)cc1. The second-order valence-electron chi connectivity index (χ2n) is 5.53. The molecule has 1 atom stereocenters. The average Bonchev–Trinajstić information content (AvgIpc) is 3.06. The van der Waals surface area contributed by atoms with Crippen molar-refractivity contribution < 1.29 is 4.42 Å². The second-order valence-corrected chi connectivity index (χ2v) is 6.41. The zero-order chi connectivity index (χ0) is 14.8. The molecule has 112 valence electrons. The highest BCUT2D eigenvalue weighted by atomic mass is 32.2. The third-order valence-electron chi connectivity index (χ3n) is 3.91. The molecule has 5 heteroatoms. The van der Waals surface area contributed by atoms with Crippen molar-refractivity contribution in [3.63, 3.8) is 0 Å². The summed E-state index contributed by atoms with van der Waals surface area (Å²) >= 11 is 1.73. The fourth-order valence-electron chi connectivity index (χ4n) is 2.65. The zero-order valence-electron chi connectivity index (χ0n) is 12.5. The van der Waals surface area contributed by atoms with Crippen LogP contribution in [0, 0.1) is 6.92 Å². The molecule has 0 saturated carbocycles. The van der Waals surface area contributed by atoms with Gasteiger partial charge in [-0.1, -0.05) is 0 Å². The monoisotopic (exact) mass is 303 g/mol. The summed E-state index contributed by atoms with van der Waals surface area (Å²) < 4.78 is 5.84. The minimum atomic E-state index is 0.302. The minimum Gasteiger partial charge on any atom is -0.441 e. The van der Waals surface area contributed by atoms with Crippen molar-refractivity contribution in [1.29, 1.82) is 0 Å². The van der Waals surface area contributed by atoms with Crippen LogP contribution in [-0.2, 0) is 6.54 Å². The van der Waals surface area contributed by atoms with Gasteiger partial charge in [0, 0.05) is 36.1 Å². The molecule has 1 aromatic heterocycles. The largest absolute Gasteiger partial charge is 0.441 e. The average molecular weight is 303 g/mol. The van der Waals surface area contributed by atoms with Crippen molar-refractivity contribution in [2.45, 2.75) is 30.8 Å². The van der Waals surface area contributed by atoms with E-state index in [0.717, 1.165) is 43.1 Å². The van der Waals surface area contributed by atoms with Crippen molar-refractivity contribution in [2.75, 3.05) is 19.3 Å². The van der Waals surface area contributed by atoms with E-state index in [2.05, 4.69) is 40.4 Å². The molecule has 0 spiro atoms. The molecule has 1 unspecified atom stereocenters. The summed E-state index contributed by atoms with van der Waals surface area (Å²) in [6, 6.07) is 8.62.